The van der Waals surface area contributed by atoms with E-state index in [1.54, 1.807) is 36.4 Å². The monoisotopic (exact) mass is 298 g/mol. The second-order valence-electron chi connectivity index (χ2n) is 4.33. The van der Waals surface area contributed by atoms with Gasteiger partial charge in [0, 0.05) is 0 Å². The molecule has 0 saturated carbocycles. The Morgan fingerprint density at radius 1 is 1.14 bits per heavy atom. The van der Waals surface area contributed by atoms with Gasteiger partial charge in [0.25, 0.3) is 5.91 Å². The summed E-state index contributed by atoms with van der Waals surface area (Å²) in [4.78, 5) is 22.7. The molecule has 0 aromatic heterocycles. The lowest BCUT2D eigenvalue weighted by Gasteiger charge is -2.05. The molecular weight excluding hydrogens is 284 g/mol. The van der Waals surface area contributed by atoms with Crippen LogP contribution < -0.4 is 10.2 Å². The van der Waals surface area contributed by atoms with Crippen molar-refractivity contribution in [3.05, 3.63) is 65.2 Å². The van der Waals surface area contributed by atoms with Gasteiger partial charge in [-0.05, 0) is 29.8 Å². The van der Waals surface area contributed by atoms with E-state index in [4.69, 9.17) is 9.84 Å². The van der Waals surface area contributed by atoms with Gasteiger partial charge >= 0.3 is 5.97 Å². The normalized spacial score (nSPS) is 10.4. The number of para-hydroxylation sites is 1. The fourth-order valence-corrected chi connectivity index (χ4v) is 1.77. The van der Waals surface area contributed by atoms with Crippen LogP contribution in [0.3, 0.4) is 0 Å². The van der Waals surface area contributed by atoms with E-state index in [-0.39, 0.29) is 5.56 Å². The molecule has 0 spiro atoms. The van der Waals surface area contributed by atoms with Crippen molar-refractivity contribution in [2.75, 3.05) is 7.11 Å². The second kappa shape index (κ2) is 7.03. The molecule has 0 atom stereocenters. The van der Waals surface area contributed by atoms with Gasteiger partial charge in [0.05, 0.1) is 24.5 Å². The SMILES string of the molecule is COc1ccccc1C(=O)NN=Cc1ccc(C(=O)O)cc1. The van der Waals surface area contributed by atoms with Crippen molar-refractivity contribution in [1.82, 2.24) is 5.43 Å². The number of carboxylic acids is 1. The Kier molecular flexibility index (Phi) is 4.87. The zero-order valence-electron chi connectivity index (χ0n) is 11.8. The maximum absolute atomic E-state index is 12.0. The number of carbonyl (C=O) groups excluding carboxylic acids is 1. The average molecular weight is 298 g/mol. The van der Waals surface area contributed by atoms with Gasteiger partial charge in [-0.25, -0.2) is 10.2 Å². The minimum atomic E-state index is -0.993. The van der Waals surface area contributed by atoms with Crippen LogP contribution in [0, 0.1) is 0 Å². The van der Waals surface area contributed by atoms with Gasteiger partial charge in [0.2, 0.25) is 0 Å². The second-order valence-corrected chi connectivity index (χ2v) is 4.33. The highest BCUT2D eigenvalue weighted by atomic mass is 16.5. The number of hydrazone groups is 1. The van der Waals surface area contributed by atoms with Gasteiger partial charge in [-0.2, -0.15) is 5.10 Å². The molecule has 2 rings (SSSR count). The van der Waals surface area contributed by atoms with Gasteiger partial charge < -0.3 is 9.84 Å². The third kappa shape index (κ3) is 3.69. The average Bonchev–Trinajstić information content (AvgIpc) is 2.55. The molecule has 2 aromatic rings. The fraction of sp³-hybridized carbons (Fsp3) is 0.0625. The van der Waals surface area contributed by atoms with Gasteiger partial charge in [0.15, 0.2) is 0 Å². The Morgan fingerprint density at radius 3 is 2.45 bits per heavy atom. The van der Waals surface area contributed by atoms with E-state index < -0.39 is 11.9 Å². The first kappa shape index (κ1) is 15.2. The van der Waals surface area contributed by atoms with Gasteiger partial charge in [-0.3, -0.25) is 4.79 Å². The van der Waals surface area contributed by atoms with E-state index in [2.05, 4.69) is 10.5 Å². The molecule has 2 aromatic carbocycles. The standard InChI is InChI=1S/C16H14N2O4/c1-22-14-5-3-2-4-13(14)15(19)18-17-10-11-6-8-12(9-7-11)16(20)21/h2-10H,1H3,(H,18,19)(H,20,21). The summed E-state index contributed by atoms with van der Waals surface area (Å²) in [6.07, 6.45) is 1.43. The van der Waals surface area contributed by atoms with E-state index in [0.717, 1.165) is 0 Å². The minimum absolute atomic E-state index is 0.190. The molecule has 0 heterocycles. The molecule has 1 amide bonds. The summed E-state index contributed by atoms with van der Waals surface area (Å²) in [7, 11) is 1.49. The molecule has 0 aliphatic rings. The molecule has 112 valence electrons. The third-order valence-corrected chi connectivity index (χ3v) is 2.89. The Morgan fingerprint density at radius 2 is 1.82 bits per heavy atom. The lowest BCUT2D eigenvalue weighted by Crippen LogP contribution is -2.18. The highest BCUT2D eigenvalue weighted by Gasteiger charge is 2.09. The molecule has 6 heteroatoms. The van der Waals surface area contributed by atoms with Crippen molar-refractivity contribution >= 4 is 18.1 Å². The molecule has 2 N–H and O–H groups in total. The third-order valence-electron chi connectivity index (χ3n) is 2.89. The predicted octanol–water partition coefficient (Wildman–Crippen LogP) is 2.16. The Labute approximate surface area is 127 Å². The van der Waals surface area contributed by atoms with Crippen molar-refractivity contribution in [1.29, 1.82) is 0 Å². The highest BCUT2D eigenvalue weighted by Crippen LogP contribution is 2.16. The minimum Gasteiger partial charge on any atom is -0.496 e. The number of ether oxygens (including phenoxy) is 1. The molecule has 0 radical (unpaired) electrons. The van der Waals surface area contributed by atoms with Crippen LogP contribution in [0.15, 0.2) is 53.6 Å². The van der Waals surface area contributed by atoms with Crippen LogP contribution >= 0.6 is 0 Å². The zero-order chi connectivity index (χ0) is 15.9. The molecule has 6 nitrogen and oxygen atoms in total. The van der Waals surface area contributed by atoms with E-state index in [1.807, 2.05) is 0 Å². The smallest absolute Gasteiger partial charge is 0.335 e. The van der Waals surface area contributed by atoms with Crippen molar-refractivity contribution in [2.24, 2.45) is 5.10 Å². The number of rotatable bonds is 5. The molecule has 0 unspecified atom stereocenters. The maximum Gasteiger partial charge on any atom is 0.335 e. The number of carboxylic acid groups (broad SMARTS) is 1. The Hall–Kier alpha value is -3.15. The van der Waals surface area contributed by atoms with Crippen molar-refractivity contribution < 1.29 is 19.4 Å². The summed E-state index contributed by atoms with van der Waals surface area (Å²) >= 11 is 0. The molecule has 0 saturated heterocycles. The van der Waals surface area contributed by atoms with Crippen LogP contribution in [0.1, 0.15) is 26.3 Å². The van der Waals surface area contributed by atoms with Crippen LogP contribution in [0.4, 0.5) is 0 Å². The van der Waals surface area contributed by atoms with Crippen LogP contribution in [0.2, 0.25) is 0 Å². The summed E-state index contributed by atoms with van der Waals surface area (Å²) in [5.41, 5.74) is 3.63. The summed E-state index contributed by atoms with van der Waals surface area (Å²) in [6, 6.07) is 12.9. The van der Waals surface area contributed by atoms with E-state index in [9.17, 15) is 9.59 Å². The number of carbonyl (C=O) groups is 2. The highest BCUT2D eigenvalue weighted by molar-refractivity contribution is 5.97. The van der Waals surface area contributed by atoms with Gasteiger partial charge in [0.1, 0.15) is 5.75 Å². The molecule has 0 aliphatic heterocycles. The van der Waals surface area contributed by atoms with Crippen LogP contribution in [0.25, 0.3) is 0 Å². The van der Waals surface area contributed by atoms with E-state index in [0.29, 0.717) is 16.9 Å². The molecule has 0 fully saturated rings. The van der Waals surface area contributed by atoms with Crippen LogP contribution in [-0.4, -0.2) is 30.3 Å². The number of nitrogens with one attached hydrogen (secondary N) is 1. The lowest BCUT2D eigenvalue weighted by atomic mass is 10.1. The number of amides is 1. The van der Waals surface area contributed by atoms with E-state index >= 15 is 0 Å². The zero-order valence-corrected chi connectivity index (χ0v) is 11.8. The molecule has 0 bridgehead atoms. The Bertz CT molecular complexity index is 708. The number of aromatic carboxylic acids is 1. The van der Waals surface area contributed by atoms with Gasteiger partial charge in [-0.15, -0.1) is 0 Å². The number of benzene rings is 2. The number of hydrogen-bond donors (Lipinski definition) is 2. The maximum atomic E-state index is 12.0. The van der Waals surface area contributed by atoms with Crippen LogP contribution in [-0.2, 0) is 0 Å². The fourth-order valence-electron chi connectivity index (χ4n) is 1.77. The van der Waals surface area contributed by atoms with Crippen LogP contribution in [0.5, 0.6) is 5.75 Å². The van der Waals surface area contributed by atoms with E-state index in [1.165, 1.54) is 25.5 Å². The largest absolute Gasteiger partial charge is 0.496 e. The first-order valence-corrected chi connectivity index (χ1v) is 6.41. The van der Waals surface area contributed by atoms with Crippen molar-refractivity contribution in [3.8, 4) is 5.75 Å². The molecule has 0 aliphatic carbocycles. The number of methoxy groups -OCH3 is 1. The first-order valence-electron chi connectivity index (χ1n) is 6.41. The van der Waals surface area contributed by atoms with Gasteiger partial charge in [-0.1, -0.05) is 24.3 Å². The molecule has 22 heavy (non-hydrogen) atoms. The predicted molar refractivity (Wildman–Crippen MR) is 81.5 cm³/mol. The first-order chi connectivity index (χ1) is 10.6. The molecular formula is C16H14N2O4. The quantitative estimate of drug-likeness (QED) is 0.654. The van der Waals surface area contributed by atoms with Crippen molar-refractivity contribution in [3.63, 3.8) is 0 Å². The summed E-state index contributed by atoms with van der Waals surface area (Å²) in [6.45, 7) is 0. The number of hydrogen-bond acceptors (Lipinski definition) is 4. The topological polar surface area (TPSA) is 88.0 Å². The Balaban J connectivity index is 2.02. The summed E-state index contributed by atoms with van der Waals surface area (Å²) in [5.74, 6) is -0.926. The summed E-state index contributed by atoms with van der Waals surface area (Å²) in [5, 5.41) is 12.6. The van der Waals surface area contributed by atoms with Crippen molar-refractivity contribution in [2.45, 2.75) is 0 Å². The summed E-state index contributed by atoms with van der Waals surface area (Å²) < 4.78 is 5.10. The lowest BCUT2D eigenvalue weighted by molar-refractivity contribution is 0.0696. The number of nitrogens with zero attached hydrogens (tertiary/aromatic N) is 1.